The van der Waals surface area contributed by atoms with Crippen molar-refractivity contribution in [3.63, 3.8) is 0 Å². The Labute approximate surface area is 68.8 Å². The Balaban J connectivity index is 4.03. The Morgan fingerprint density at radius 3 is 2.42 bits per heavy atom. The number of rotatable bonds is 2. The second kappa shape index (κ2) is 4.60. The first kappa shape index (κ1) is 10.8. The molecule has 0 unspecified atom stereocenters. The zero-order valence-corrected chi connectivity index (χ0v) is 6.52. The van der Waals surface area contributed by atoms with Crippen LogP contribution in [0, 0.1) is 11.3 Å². The van der Waals surface area contributed by atoms with E-state index in [1.807, 2.05) is 0 Å². The molecule has 0 atom stereocenters. The van der Waals surface area contributed by atoms with Crippen molar-refractivity contribution in [3.8, 4) is 6.07 Å². The van der Waals surface area contributed by atoms with Crippen LogP contribution in [0.4, 0.5) is 13.2 Å². The molecule has 12 heavy (non-hydrogen) atoms. The van der Waals surface area contributed by atoms with Gasteiger partial charge >= 0.3 is 6.18 Å². The van der Waals surface area contributed by atoms with Gasteiger partial charge in [0.15, 0.2) is 0 Å². The topological polar surface area (TPSA) is 23.8 Å². The van der Waals surface area contributed by atoms with Crippen LogP contribution in [0.2, 0.25) is 0 Å². The summed E-state index contributed by atoms with van der Waals surface area (Å²) in [6, 6.07) is 1.74. The van der Waals surface area contributed by atoms with Crippen molar-refractivity contribution in [2.45, 2.75) is 19.5 Å². The van der Waals surface area contributed by atoms with Crippen LogP contribution in [0.15, 0.2) is 23.8 Å². The Kier molecular flexibility index (Phi) is 4.12. The molecule has 0 saturated heterocycles. The van der Waals surface area contributed by atoms with Gasteiger partial charge in [-0.3, -0.25) is 0 Å². The summed E-state index contributed by atoms with van der Waals surface area (Å²) >= 11 is 0. The molecule has 66 valence electrons. The molecule has 0 heterocycles. The lowest BCUT2D eigenvalue weighted by atomic mass is 10.2. The molecule has 0 fully saturated rings. The molecule has 4 heteroatoms. The van der Waals surface area contributed by atoms with Gasteiger partial charge in [-0.1, -0.05) is 12.2 Å². The van der Waals surface area contributed by atoms with Crippen LogP contribution in [-0.2, 0) is 0 Å². The van der Waals surface area contributed by atoms with Gasteiger partial charge in [0.25, 0.3) is 0 Å². The highest BCUT2D eigenvalue weighted by molar-refractivity contribution is 5.31. The van der Waals surface area contributed by atoms with Crippen LogP contribution in [0.3, 0.4) is 0 Å². The number of nitriles is 1. The first-order valence-electron chi connectivity index (χ1n) is 3.29. The van der Waals surface area contributed by atoms with Crippen LogP contribution in [0.25, 0.3) is 0 Å². The molecule has 0 N–H and O–H groups in total. The van der Waals surface area contributed by atoms with Crippen molar-refractivity contribution in [1.82, 2.24) is 0 Å². The largest absolute Gasteiger partial charge is 0.392 e. The summed E-state index contributed by atoms with van der Waals surface area (Å²) in [5.74, 6) is 0. The predicted molar refractivity (Wildman–Crippen MR) is 39.2 cm³/mol. The average molecular weight is 175 g/mol. The summed E-state index contributed by atoms with van der Waals surface area (Å²) < 4.78 is 34.7. The molecule has 0 bridgehead atoms. The Morgan fingerprint density at radius 1 is 1.50 bits per heavy atom. The predicted octanol–water partition coefficient (Wildman–Crippen LogP) is 2.96. The molecule has 0 aliphatic carbocycles. The lowest BCUT2D eigenvalue weighted by Crippen LogP contribution is -2.03. The normalized spacial score (nSPS) is 13.4. The summed E-state index contributed by atoms with van der Waals surface area (Å²) in [6.07, 6.45) is -1.64. The van der Waals surface area contributed by atoms with Crippen molar-refractivity contribution < 1.29 is 13.2 Å². The number of nitrogens with zero attached hydrogens (tertiary/aromatic N) is 1. The van der Waals surface area contributed by atoms with Crippen LogP contribution in [-0.4, -0.2) is 6.18 Å². The molecule has 0 aromatic rings. The average Bonchev–Trinajstić information content (AvgIpc) is 1.96. The van der Waals surface area contributed by atoms with Crippen LogP contribution in [0.5, 0.6) is 0 Å². The SMILES string of the molecule is C/C=C(C#N)\C=C/CC(F)(F)F. The first-order valence-corrected chi connectivity index (χ1v) is 3.29. The van der Waals surface area contributed by atoms with E-state index < -0.39 is 12.6 Å². The van der Waals surface area contributed by atoms with Crippen LogP contribution in [0.1, 0.15) is 13.3 Å². The van der Waals surface area contributed by atoms with Gasteiger partial charge < -0.3 is 0 Å². The van der Waals surface area contributed by atoms with Gasteiger partial charge in [-0.2, -0.15) is 18.4 Å². The van der Waals surface area contributed by atoms with Gasteiger partial charge in [0.2, 0.25) is 0 Å². The van der Waals surface area contributed by atoms with E-state index in [2.05, 4.69) is 0 Å². The number of hydrogen-bond acceptors (Lipinski definition) is 1. The molecule has 0 amide bonds. The zero-order valence-electron chi connectivity index (χ0n) is 6.52. The molecule has 1 nitrogen and oxygen atoms in total. The standard InChI is InChI=1S/C8H8F3N/c1-2-7(6-12)4-3-5-8(9,10)11/h2-4H,5H2,1H3/b4-3-,7-2+. The maximum Gasteiger partial charge on any atom is 0.392 e. The van der Waals surface area contributed by atoms with Gasteiger partial charge in [-0.15, -0.1) is 0 Å². The van der Waals surface area contributed by atoms with Gasteiger partial charge in [0.1, 0.15) is 0 Å². The van der Waals surface area contributed by atoms with E-state index >= 15 is 0 Å². The van der Waals surface area contributed by atoms with E-state index in [1.165, 1.54) is 6.08 Å². The fourth-order valence-electron chi connectivity index (χ4n) is 0.518. The Morgan fingerprint density at radius 2 is 2.08 bits per heavy atom. The summed E-state index contributed by atoms with van der Waals surface area (Å²) in [5.41, 5.74) is 0.235. The molecule has 0 aliphatic rings. The van der Waals surface area contributed by atoms with Gasteiger partial charge in [-0.05, 0) is 13.0 Å². The summed E-state index contributed by atoms with van der Waals surface area (Å²) in [7, 11) is 0. The lowest BCUT2D eigenvalue weighted by molar-refractivity contribution is -0.125. The number of halogens is 3. The molecule has 0 spiro atoms. The van der Waals surface area contributed by atoms with Crippen molar-refractivity contribution in [2.75, 3.05) is 0 Å². The lowest BCUT2D eigenvalue weighted by Gasteiger charge is -1.99. The minimum Gasteiger partial charge on any atom is -0.192 e. The van der Waals surface area contributed by atoms with Gasteiger partial charge in [0, 0.05) is 5.57 Å². The monoisotopic (exact) mass is 175 g/mol. The van der Waals surface area contributed by atoms with Crippen LogP contribution >= 0.6 is 0 Å². The molecule has 0 aromatic carbocycles. The van der Waals surface area contributed by atoms with E-state index in [9.17, 15) is 13.2 Å². The molecular formula is C8H8F3N. The maximum absolute atomic E-state index is 11.6. The smallest absolute Gasteiger partial charge is 0.192 e. The fraction of sp³-hybridized carbons (Fsp3) is 0.375. The minimum absolute atomic E-state index is 0.235. The zero-order chi connectivity index (χ0) is 9.61. The fourth-order valence-corrected chi connectivity index (χ4v) is 0.518. The Hall–Kier alpha value is -1.24. The van der Waals surface area contributed by atoms with E-state index in [0.29, 0.717) is 0 Å². The molecule has 0 saturated carbocycles. The second-order valence-electron chi connectivity index (χ2n) is 2.08. The summed E-state index contributed by atoms with van der Waals surface area (Å²) in [4.78, 5) is 0. The molecular weight excluding hydrogens is 167 g/mol. The van der Waals surface area contributed by atoms with Gasteiger partial charge in [-0.25, -0.2) is 0 Å². The van der Waals surface area contributed by atoms with Crippen molar-refractivity contribution >= 4 is 0 Å². The van der Waals surface area contributed by atoms with E-state index in [0.717, 1.165) is 12.2 Å². The van der Waals surface area contributed by atoms with Crippen molar-refractivity contribution in [3.05, 3.63) is 23.8 Å². The molecule has 0 aliphatic heterocycles. The molecule has 0 rings (SSSR count). The first-order chi connectivity index (χ1) is 5.49. The highest BCUT2D eigenvalue weighted by Crippen LogP contribution is 2.19. The van der Waals surface area contributed by atoms with E-state index in [4.69, 9.17) is 5.26 Å². The Bertz CT molecular complexity index is 230. The van der Waals surface area contributed by atoms with Crippen molar-refractivity contribution in [2.24, 2.45) is 0 Å². The van der Waals surface area contributed by atoms with E-state index in [-0.39, 0.29) is 5.57 Å². The number of alkyl halides is 3. The molecule has 0 radical (unpaired) electrons. The quantitative estimate of drug-likeness (QED) is 0.467. The summed E-state index contributed by atoms with van der Waals surface area (Å²) in [6.45, 7) is 1.59. The van der Waals surface area contributed by atoms with Crippen molar-refractivity contribution in [1.29, 1.82) is 5.26 Å². The minimum atomic E-state index is -4.19. The third kappa shape index (κ3) is 5.54. The third-order valence-electron chi connectivity index (χ3n) is 1.09. The number of hydrogen-bond donors (Lipinski definition) is 0. The number of allylic oxidation sites excluding steroid dienone is 4. The van der Waals surface area contributed by atoms with E-state index in [1.54, 1.807) is 13.0 Å². The highest BCUT2D eigenvalue weighted by Gasteiger charge is 2.24. The summed E-state index contributed by atoms with van der Waals surface area (Å²) in [5, 5.41) is 8.30. The molecule has 0 aromatic heterocycles. The highest BCUT2D eigenvalue weighted by atomic mass is 19.4. The van der Waals surface area contributed by atoms with Crippen LogP contribution < -0.4 is 0 Å². The maximum atomic E-state index is 11.6. The van der Waals surface area contributed by atoms with Gasteiger partial charge in [0.05, 0.1) is 12.5 Å². The third-order valence-corrected chi connectivity index (χ3v) is 1.09. The second-order valence-corrected chi connectivity index (χ2v) is 2.08.